The van der Waals surface area contributed by atoms with Crippen molar-refractivity contribution in [1.29, 1.82) is 0 Å². The monoisotopic (exact) mass is 342 g/mol. The highest BCUT2D eigenvalue weighted by Crippen LogP contribution is 2.32. The van der Waals surface area contributed by atoms with E-state index in [1.165, 1.54) is 103 Å². The van der Waals surface area contributed by atoms with Crippen LogP contribution < -0.4 is 0 Å². The van der Waals surface area contributed by atoms with Crippen molar-refractivity contribution in [3.05, 3.63) is 0 Å². The summed E-state index contributed by atoms with van der Waals surface area (Å²) in [6.45, 7) is 9.33. The van der Waals surface area contributed by atoms with E-state index in [1.54, 1.807) is 0 Å². The van der Waals surface area contributed by atoms with Gasteiger partial charge in [0.05, 0.1) is 0 Å². The number of hydrogen-bond donors (Lipinski definition) is 0. The SMILES string of the molecule is CCCCCCC(CCCC)SC(CCCC)CCCCCC. The van der Waals surface area contributed by atoms with Crippen LogP contribution in [-0.2, 0) is 0 Å². The molecule has 0 saturated carbocycles. The molecular formula is C22H46S. The molecule has 0 fully saturated rings. The molecule has 0 N–H and O–H groups in total. The van der Waals surface area contributed by atoms with E-state index in [4.69, 9.17) is 0 Å². The van der Waals surface area contributed by atoms with Gasteiger partial charge in [0.15, 0.2) is 0 Å². The Morgan fingerprint density at radius 3 is 1.13 bits per heavy atom. The normalized spacial score (nSPS) is 14.1. The van der Waals surface area contributed by atoms with E-state index in [2.05, 4.69) is 39.5 Å². The topological polar surface area (TPSA) is 0 Å². The third-order valence-corrected chi connectivity index (χ3v) is 6.62. The lowest BCUT2D eigenvalue weighted by Crippen LogP contribution is -2.12. The van der Waals surface area contributed by atoms with E-state index in [9.17, 15) is 0 Å². The maximum atomic E-state index is 2.39. The van der Waals surface area contributed by atoms with Gasteiger partial charge < -0.3 is 0 Å². The zero-order valence-electron chi connectivity index (χ0n) is 16.9. The molecule has 0 aromatic carbocycles. The minimum absolute atomic E-state index is 0.944. The van der Waals surface area contributed by atoms with E-state index >= 15 is 0 Å². The van der Waals surface area contributed by atoms with E-state index in [0.717, 1.165) is 10.5 Å². The minimum atomic E-state index is 0.944. The van der Waals surface area contributed by atoms with Crippen molar-refractivity contribution in [2.75, 3.05) is 0 Å². The van der Waals surface area contributed by atoms with Crippen molar-refractivity contribution in [1.82, 2.24) is 0 Å². The van der Waals surface area contributed by atoms with Crippen LogP contribution >= 0.6 is 11.8 Å². The zero-order valence-corrected chi connectivity index (χ0v) is 17.7. The van der Waals surface area contributed by atoms with Crippen LogP contribution in [0.25, 0.3) is 0 Å². The average molecular weight is 343 g/mol. The van der Waals surface area contributed by atoms with Crippen LogP contribution in [0.15, 0.2) is 0 Å². The largest absolute Gasteiger partial charge is 0.155 e. The molecule has 0 radical (unpaired) electrons. The molecule has 0 bridgehead atoms. The molecule has 0 saturated heterocycles. The summed E-state index contributed by atoms with van der Waals surface area (Å²) in [5.41, 5.74) is 0. The highest BCUT2D eigenvalue weighted by Gasteiger charge is 2.16. The Balaban J connectivity index is 4.23. The summed E-state index contributed by atoms with van der Waals surface area (Å²) < 4.78 is 0. The van der Waals surface area contributed by atoms with E-state index in [-0.39, 0.29) is 0 Å². The van der Waals surface area contributed by atoms with Gasteiger partial charge in [-0.3, -0.25) is 0 Å². The lowest BCUT2D eigenvalue weighted by atomic mass is 10.1. The third-order valence-electron chi connectivity index (χ3n) is 4.90. The Hall–Kier alpha value is 0.350. The first kappa shape index (κ1) is 23.4. The lowest BCUT2D eigenvalue weighted by molar-refractivity contribution is 0.563. The highest BCUT2D eigenvalue weighted by molar-refractivity contribution is 8.00. The molecule has 0 aliphatic carbocycles. The zero-order chi connectivity index (χ0) is 17.2. The van der Waals surface area contributed by atoms with Gasteiger partial charge in [0.25, 0.3) is 0 Å². The first-order chi connectivity index (χ1) is 11.3. The van der Waals surface area contributed by atoms with Gasteiger partial charge in [-0.2, -0.15) is 11.8 Å². The predicted octanol–water partition coefficient (Wildman–Crippen LogP) is 8.78. The Kier molecular flexibility index (Phi) is 19.0. The molecule has 2 atom stereocenters. The van der Waals surface area contributed by atoms with Crippen molar-refractivity contribution in [3.63, 3.8) is 0 Å². The molecule has 0 aromatic rings. The standard InChI is InChI=1S/C22H46S/c1-5-9-13-15-19-21(17-11-7-3)23-22(18-12-8-4)20-16-14-10-6-2/h21-22H,5-20H2,1-4H3. The van der Waals surface area contributed by atoms with Crippen LogP contribution in [0.4, 0.5) is 0 Å². The van der Waals surface area contributed by atoms with Crippen molar-refractivity contribution in [3.8, 4) is 0 Å². The van der Waals surface area contributed by atoms with Crippen LogP contribution in [-0.4, -0.2) is 10.5 Å². The highest BCUT2D eigenvalue weighted by atomic mass is 32.2. The minimum Gasteiger partial charge on any atom is -0.155 e. The van der Waals surface area contributed by atoms with Crippen LogP contribution in [0.3, 0.4) is 0 Å². The summed E-state index contributed by atoms with van der Waals surface area (Å²) in [7, 11) is 0. The van der Waals surface area contributed by atoms with E-state index < -0.39 is 0 Å². The summed E-state index contributed by atoms with van der Waals surface area (Å²) in [4.78, 5) is 0. The summed E-state index contributed by atoms with van der Waals surface area (Å²) in [5.74, 6) is 0. The maximum absolute atomic E-state index is 2.39. The molecule has 23 heavy (non-hydrogen) atoms. The fourth-order valence-corrected chi connectivity index (χ4v) is 5.05. The third kappa shape index (κ3) is 15.6. The van der Waals surface area contributed by atoms with Crippen LogP contribution in [0, 0.1) is 0 Å². The molecule has 0 rings (SSSR count). The summed E-state index contributed by atoms with van der Waals surface area (Å²) >= 11 is 2.39. The number of rotatable bonds is 18. The second-order valence-corrected chi connectivity index (χ2v) is 8.97. The van der Waals surface area contributed by atoms with Gasteiger partial charge in [-0.05, 0) is 25.7 Å². The lowest BCUT2D eigenvalue weighted by Gasteiger charge is -2.24. The fraction of sp³-hybridized carbons (Fsp3) is 1.00. The Morgan fingerprint density at radius 1 is 0.435 bits per heavy atom. The fourth-order valence-electron chi connectivity index (χ4n) is 3.29. The molecule has 0 spiro atoms. The van der Waals surface area contributed by atoms with Crippen LogP contribution in [0.1, 0.15) is 130 Å². The second-order valence-electron chi connectivity index (χ2n) is 7.36. The predicted molar refractivity (Wildman–Crippen MR) is 112 cm³/mol. The number of unbranched alkanes of at least 4 members (excludes halogenated alkanes) is 8. The van der Waals surface area contributed by atoms with E-state index in [1.807, 2.05) is 0 Å². The smallest absolute Gasteiger partial charge is 0.00498 e. The van der Waals surface area contributed by atoms with Gasteiger partial charge in [-0.25, -0.2) is 0 Å². The molecule has 0 heterocycles. The Morgan fingerprint density at radius 2 is 0.783 bits per heavy atom. The van der Waals surface area contributed by atoms with Gasteiger partial charge >= 0.3 is 0 Å². The average Bonchev–Trinajstić information content (AvgIpc) is 2.57. The maximum Gasteiger partial charge on any atom is 0.00498 e. The number of hydrogen-bond acceptors (Lipinski definition) is 1. The first-order valence-corrected chi connectivity index (χ1v) is 11.9. The molecule has 140 valence electrons. The van der Waals surface area contributed by atoms with Crippen molar-refractivity contribution in [2.24, 2.45) is 0 Å². The molecule has 1 heteroatoms. The molecule has 0 nitrogen and oxygen atoms in total. The second kappa shape index (κ2) is 18.7. The van der Waals surface area contributed by atoms with Gasteiger partial charge in [-0.1, -0.05) is 105 Å². The van der Waals surface area contributed by atoms with Crippen molar-refractivity contribution < 1.29 is 0 Å². The van der Waals surface area contributed by atoms with Gasteiger partial charge in [-0.15, -0.1) is 0 Å². The van der Waals surface area contributed by atoms with Gasteiger partial charge in [0.1, 0.15) is 0 Å². The van der Waals surface area contributed by atoms with Crippen LogP contribution in [0.2, 0.25) is 0 Å². The molecular weight excluding hydrogens is 296 g/mol. The molecule has 0 amide bonds. The molecule has 0 aromatic heterocycles. The number of thioether (sulfide) groups is 1. The molecule has 0 aliphatic heterocycles. The first-order valence-electron chi connectivity index (χ1n) is 10.9. The summed E-state index contributed by atoms with van der Waals surface area (Å²) in [5, 5.41) is 1.89. The van der Waals surface area contributed by atoms with Crippen molar-refractivity contribution in [2.45, 2.75) is 141 Å². The van der Waals surface area contributed by atoms with E-state index in [0.29, 0.717) is 0 Å². The summed E-state index contributed by atoms with van der Waals surface area (Å²) in [6, 6.07) is 0. The summed E-state index contributed by atoms with van der Waals surface area (Å²) in [6.07, 6.45) is 22.9. The van der Waals surface area contributed by atoms with Gasteiger partial charge in [0.2, 0.25) is 0 Å². The molecule has 2 unspecified atom stereocenters. The Labute approximate surface area is 153 Å². The molecule has 0 aliphatic rings. The quantitative estimate of drug-likeness (QED) is 0.224. The Bertz CT molecular complexity index is 192. The van der Waals surface area contributed by atoms with Gasteiger partial charge in [0, 0.05) is 10.5 Å². The van der Waals surface area contributed by atoms with Crippen LogP contribution in [0.5, 0.6) is 0 Å². The van der Waals surface area contributed by atoms with Crippen molar-refractivity contribution >= 4 is 11.8 Å².